The molecule has 6 nitrogen and oxygen atoms in total. The second-order valence-corrected chi connectivity index (χ2v) is 5.89. The fraction of sp³-hybridized carbons (Fsp3) is 0.176. The minimum absolute atomic E-state index is 0.321. The van der Waals surface area contributed by atoms with E-state index < -0.39 is 0 Å². The molecule has 3 aromatic rings. The van der Waals surface area contributed by atoms with Crippen LogP contribution in [-0.4, -0.2) is 24.4 Å². The van der Waals surface area contributed by atoms with E-state index in [1.165, 1.54) is 0 Å². The third-order valence-electron chi connectivity index (χ3n) is 3.46. The maximum absolute atomic E-state index is 6.10. The summed E-state index contributed by atoms with van der Waals surface area (Å²) in [7, 11) is 3.11. The molecule has 0 aliphatic rings. The predicted octanol–water partition coefficient (Wildman–Crippen LogP) is 4.67. The zero-order valence-electron chi connectivity index (χ0n) is 13.5. The van der Waals surface area contributed by atoms with Crippen LogP contribution >= 0.6 is 23.2 Å². The first-order valence-electron chi connectivity index (χ1n) is 7.34. The maximum Gasteiger partial charge on any atom is 0.247 e. The highest BCUT2D eigenvalue weighted by Crippen LogP contribution is 2.36. The number of hydrogen-bond donors (Lipinski definition) is 1. The summed E-state index contributed by atoms with van der Waals surface area (Å²) in [6.07, 6.45) is 0. The number of aromatic nitrogens is 2. The van der Waals surface area contributed by atoms with E-state index in [2.05, 4.69) is 15.5 Å². The van der Waals surface area contributed by atoms with Gasteiger partial charge in [-0.25, -0.2) is 0 Å². The molecule has 0 radical (unpaired) electrons. The smallest absolute Gasteiger partial charge is 0.247 e. The van der Waals surface area contributed by atoms with Crippen LogP contribution in [0.5, 0.6) is 11.5 Å². The van der Waals surface area contributed by atoms with Gasteiger partial charge in [-0.3, -0.25) is 0 Å². The molecule has 0 aliphatic carbocycles. The van der Waals surface area contributed by atoms with Crippen molar-refractivity contribution < 1.29 is 13.9 Å². The first-order chi connectivity index (χ1) is 12.1. The van der Waals surface area contributed by atoms with Crippen molar-refractivity contribution in [3.63, 3.8) is 0 Å². The molecule has 1 aromatic heterocycles. The highest BCUT2D eigenvalue weighted by molar-refractivity contribution is 6.32. The summed E-state index contributed by atoms with van der Waals surface area (Å²) >= 11 is 12.0. The molecule has 0 fully saturated rings. The van der Waals surface area contributed by atoms with Crippen LogP contribution in [0, 0.1) is 0 Å². The van der Waals surface area contributed by atoms with Gasteiger partial charge in [0, 0.05) is 22.7 Å². The Balaban J connectivity index is 1.75. The highest BCUT2D eigenvalue weighted by Gasteiger charge is 2.12. The summed E-state index contributed by atoms with van der Waals surface area (Å²) in [5, 5.41) is 12.4. The number of hydrogen-bond acceptors (Lipinski definition) is 6. The van der Waals surface area contributed by atoms with E-state index in [9.17, 15) is 0 Å². The molecule has 8 heteroatoms. The quantitative estimate of drug-likeness (QED) is 0.670. The fourth-order valence-electron chi connectivity index (χ4n) is 2.20. The van der Waals surface area contributed by atoms with Crippen LogP contribution < -0.4 is 14.8 Å². The van der Waals surface area contributed by atoms with Gasteiger partial charge in [-0.1, -0.05) is 23.2 Å². The van der Waals surface area contributed by atoms with E-state index in [-0.39, 0.29) is 0 Å². The SMILES string of the molecule is COc1cc(NCc2nnc(-c3ccc(Cl)cc3)o2)c(OC)cc1Cl. The molecule has 0 bridgehead atoms. The molecule has 1 heterocycles. The number of anilines is 1. The molecular formula is C17H15Cl2N3O3. The number of halogens is 2. The van der Waals surface area contributed by atoms with Gasteiger partial charge < -0.3 is 19.2 Å². The number of nitrogens with zero attached hydrogens (tertiary/aromatic N) is 2. The van der Waals surface area contributed by atoms with Crippen molar-refractivity contribution in [1.82, 2.24) is 10.2 Å². The van der Waals surface area contributed by atoms with Gasteiger partial charge in [0.1, 0.15) is 11.5 Å². The van der Waals surface area contributed by atoms with Gasteiger partial charge in [-0.15, -0.1) is 10.2 Å². The standard InChI is InChI=1S/C17H15Cl2N3O3/c1-23-14-8-13(15(24-2)7-12(14)19)20-9-16-21-22-17(25-16)10-3-5-11(18)6-4-10/h3-8,20H,9H2,1-2H3. The summed E-state index contributed by atoms with van der Waals surface area (Å²) in [5.74, 6) is 1.98. The third-order valence-corrected chi connectivity index (χ3v) is 4.01. The molecule has 0 saturated heterocycles. The predicted molar refractivity (Wildman–Crippen MR) is 96.6 cm³/mol. The van der Waals surface area contributed by atoms with Crippen molar-refractivity contribution in [2.75, 3.05) is 19.5 Å². The minimum Gasteiger partial charge on any atom is -0.495 e. The van der Waals surface area contributed by atoms with Gasteiger partial charge in [0.15, 0.2) is 0 Å². The molecule has 3 rings (SSSR count). The molecule has 2 aromatic carbocycles. The third kappa shape index (κ3) is 3.97. The van der Waals surface area contributed by atoms with Gasteiger partial charge in [0.05, 0.1) is 31.5 Å². The van der Waals surface area contributed by atoms with Crippen molar-refractivity contribution in [3.8, 4) is 23.0 Å². The Hall–Kier alpha value is -2.44. The number of rotatable bonds is 6. The van der Waals surface area contributed by atoms with Crippen molar-refractivity contribution in [3.05, 3.63) is 52.3 Å². The monoisotopic (exact) mass is 379 g/mol. The van der Waals surface area contributed by atoms with Crippen LogP contribution in [-0.2, 0) is 6.54 Å². The van der Waals surface area contributed by atoms with Crippen molar-refractivity contribution in [1.29, 1.82) is 0 Å². The largest absolute Gasteiger partial charge is 0.495 e. The molecule has 0 atom stereocenters. The van der Waals surface area contributed by atoms with Crippen molar-refractivity contribution in [2.45, 2.75) is 6.54 Å². The summed E-state index contributed by atoms with van der Waals surface area (Å²) in [6.45, 7) is 0.321. The van der Waals surface area contributed by atoms with E-state index in [1.807, 2.05) is 12.1 Å². The molecule has 0 spiro atoms. The van der Waals surface area contributed by atoms with Crippen LogP contribution in [0.4, 0.5) is 5.69 Å². The molecular weight excluding hydrogens is 365 g/mol. The van der Waals surface area contributed by atoms with Crippen LogP contribution in [0.1, 0.15) is 5.89 Å². The zero-order valence-corrected chi connectivity index (χ0v) is 15.1. The first kappa shape index (κ1) is 17.4. The summed E-state index contributed by atoms with van der Waals surface area (Å²) in [6, 6.07) is 10.6. The number of nitrogens with one attached hydrogen (secondary N) is 1. The Morgan fingerprint density at radius 3 is 2.40 bits per heavy atom. The zero-order chi connectivity index (χ0) is 17.8. The molecule has 0 amide bonds. The van der Waals surface area contributed by atoms with E-state index in [0.29, 0.717) is 45.6 Å². The lowest BCUT2D eigenvalue weighted by atomic mass is 10.2. The molecule has 0 saturated carbocycles. The lowest BCUT2D eigenvalue weighted by molar-refractivity contribution is 0.404. The summed E-state index contributed by atoms with van der Waals surface area (Å²) in [5.41, 5.74) is 1.50. The lowest BCUT2D eigenvalue weighted by Gasteiger charge is -2.12. The normalized spacial score (nSPS) is 10.6. The Morgan fingerprint density at radius 1 is 1.00 bits per heavy atom. The highest BCUT2D eigenvalue weighted by atomic mass is 35.5. The molecule has 0 unspecified atom stereocenters. The van der Waals surface area contributed by atoms with Crippen LogP contribution in [0.25, 0.3) is 11.5 Å². The fourth-order valence-corrected chi connectivity index (χ4v) is 2.56. The topological polar surface area (TPSA) is 69.4 Å². The lowest BCUT2D eigenvalue weighted by Crippen LogP contribution is -2.02. The average molecular weight is 380 g/mol. The van der Waals surface area contributed by atoms with Crippen LogP contribution in [0.3, 0.4) is 0 Å². The van der Waals surface area contributed by atoms with Gasteiger partial charge in [0.2, 0.25) is 11.8 Å². The Morgan fingerprint density at radius 2 is 1.72 bits per heavy atom. The Kier molecular flexibility index (Phi) is 5.31. The Labute approximate surface area is 154 Å². The van der Waals surface area contributed by atoms with Gasteiger partial charge >= 0.3 is 0 Å². The number of benzene rings is 2. The van der Waals surface area contributed by atoms with Crippen LogP contribution in [0.15, 0.2) is 40.8 Å². The molecule has 0 aliphatic heterocycles. The van der Waals surface area contributed by atoms with E-state index >= 15 is 0 Å². The molecule has 1 N–H and O–H groups in total. The van der Waals surface area contributed by atoms with E-state index in [4.69, 9.17) is 37.1 Å². The first-order valence-corrected chi connectivity index (χ1v) is 8.10. The van der Waals surface area contributed by atoms with Gasteiger partial charge in [0.25, 0.3) is 0 Å². The van der Waals surface area contributed by atoms with Gasteiger partial charge in [-0.05, 0) is 24.3 Å². The van der Waals surface area contributed by atoms with Gasteiger partial charge in [-0.2, -0.15) is 0 Å². The number of ether oxygens (including phenoxy) is 2. The van der Waals surface area contributed by atoms with E-state index in [1.54, 1.807) is 38.5 Å². The van der Waals surface area contributed by atoms with Crippen molar-refractivity contribution >= 4 is 28.9 Å². The second-order valence-electron chi connectivity index (χ2n) is 5.05. The molecule has 25 heavy (non-hydrogen) atoms. The second kappa shape index (κ2) is 7.63. The summed E-state index contributed by atoms with van der Waals surface area (Å²) < 4.78 is 16.2. The summed E-state index contributed by atoms with van der Waals surface area (Å²) in [4.78, 5) is 0. The number of methoxy groups -OCH3 is 2. The van der Waals surface area contributed by atoms with E-state index in [0.717, 1.165) is 5.56 Å². The molecule has 130 valence electrons. The maximum atomic E-state index is 6.10. The van der Waals surface area contributed by atoms with Crippen LogP contribution in [0.2, 0.25) is 10.0 Å². The van der Waals surface area contributed by atoms with Crippen molar-refractivity contribution in [2.24, 2.45) is 0 Å². The Bertz CT molecular complexity index is 866. The minimum atomic E-state index is 0.321. The average Bonchev–Trinajstić information content (AvgIpc) is 3.10.